The van der Waals surface area contributed by atoms with Gasteiger partial charge in [0.25, 0.3) is 0 Å². The van der Waals surface area contributed by atoms with Crippen LogP contribution in [0.4, 0.5) is 17.6 Å². The minimum absolute atomic E-state index is 0.315. The van der Waals surface area contributed by atoms with Crippen molar-refractivity contribution in [3.63, 3.8) is 0 Å². The molecule has 29 heavy (non-hydrogen) atoms. The fourth-order valence-electron chi connectivity index (χ4n) is 4.10. The number of nitrogens with one attached hydrogen (secondary N) is 1. The minimum atomic E-state index is 0.315. The number of hydrogen-bond acceptors (Lipinski definition) is 8. The van der Waals surface area contributed by atoms with Gasteiger partial charge in [0.2, 0.25) is 5.95 Å². The van der Waals surface area contributed by atoms with E-state index < -0.39 is 0 Å². The third-order valence-corrected chi connectivity index (χ3v) is 5.50. The maximum absolute atomic E-state index is 5.43. The fourth-order valence-corrected chi connectivity index (χ4v) is 4.10. The lowest BCUT2D eigenvalue weighted by Gasteiger charge is -2.35. The summed E-state index contributed by atoms with van der Waals surface area (Å²) in [6.45, 7) is 7.07. The number of rotatable bonds is 4. The number of anilines is 3. The molecule has 0 radical (unpaired) electrons. The van der Waals surface area contributed by atoms with Gasteiger partial charge in [-0.1, -0.05) is 0 Å². The molecule has 9 heteroatoms. The number of morpholine rings is 1. The van der Waals surface area contributed by atoms with Gasteiger partial charge >= 0.3 is 0 Å². The highest BCUT2D eigenvalue weighted by molar-refractivity contribution is 5.51. The molecule has 0 aliphatic carbocycles. The molecule has 2 aliphatic heterocycles. The van der Waals surface area contributed by atoms with Crippen molar-refractivity contribution < 1.29 is 4.74 Å². The Morgan fingerprint density at radius 2 is 1.97 bits per heavy atom. The number of nitrogens with zero attached hydrogens (tertiary/aromatic N) is 7. The van der Waals surface area contributed by atoms with Crippen molar-refractivity contribution in [3.05, 3.63) is 36.3 Å². The van der Waals surface area contributed by atoms with Gasteiger partial charge in [-0.2, -0.15) is 14.6 Å². The molecule has 9 nitrogen and oxygen atoms in total. The topological polar surface area (TPSA) is 83.7 Å². The molecule has 5 rings (SSSR count). The Morgan fingerprint density at radius 3 is 2.86 bits per heavy atom. The van der Waals surface area contributed by atoms with Gasteiger partial charge in [0.1, 0.15) is 11.6 Å². The van der Waals surface area contributed by atoms with Gasteiger partial charge in [-0.25, -0.2) is 9.97 Å². The molecule has 2 aliphatic rings. The molecular weight excluding hydrogens is 368 g/mol. The summed E-state index contributed by atoms with van der Waals surface area (Å²) in [6.07, 6.45) is 5.86. The molecule has 5 heterocycles. The Morgan fingerprint density at radius 1 is 1.07 bits per heavy atom. The monoisotopic (exact) mass is 394 g/mol. The number of aromatic nitrogens is 5. The normalized spacial score (nSPS) is 20.2. The molecule has 0 amide bonds. The molecule has 1 unspecified atom stereocenters. The van der Waals surface area contributed by atoms with E-state index in [4.69, 9.17) is 9.72 Å². The summed E-state index contributed by atoms with van der Waals surface area (Å²) >= 11 is 0. The Bertz CT molecular complexity index is 984. The van der Waals surface area contributed by atoms with E-state index in [0.717, 1.165) is 81.2 Å². The molecule has 0 bridgehead atoms. The quantitative estimate of drug-likeness (QED) is 0.717. The van der Waals surface area contributed by atoms with Crippen LogP contribution in [0.15, 0.2) is 30.6 Å². The molecule has 3 aromatic rings. The van der Waals surface area contributed by atoms with Gasteiger partial charge < -0.3 is 19.9 Å². The largest absolute Gasteiger partial charge is 0.378 e. The summed E-state index contributed by atoms with van der Waals surface area (Å²) in [5.74, 6) is 2.75. The van der Waals surface area contributed by atoms with Crippen molar-refractivity contribution in [1.82, 2.24) is 24.6 Å². The van der Waals surface area contributed by atoms with E-state index in [-0.39, 0.29) is 0 Å². The van der Waals surface area contributed by atoms with Crippen molar-refractivity contribution in [2.45, 2.75) is 25.8 Å². The summed E-state index contributed by atoms with van der Waals surface area (Å²) in [4.78, 5) is 18.3. The summed E-state index contributed by atoms with van der Waals surface area (Å²) in [5, 5.41) is 8.08. The van der Waals surface area contributed by atoms with Crippen LogP contribution in [0, 0.1) is 6.92 Å². The van der Waals surface area contributed by atoms with E-state index in [9.17, 15) is 0 Å². The van der Waals surface area contributed by atoms with E-state index in [1.54, 1.807) is 6.20 Å². The first-order valence-electron chi connectivity index (χ1n) is 10.2. The number of fused-ring (bicyclic) bond motifs is 1. The van der Waals surface area contributed by atoms with Crippen LogP contribution in [0.2, 0.25) is 0 Å². The van der Waals surface area contributed by atoms with Crippen molar-refractivity contribution in [1.29, 1.82) is 0 Å². The molecule has 2 fully saturated rings. The van der Waals surface area contributed by atoms with Crippen LogP contribution in [0.3, 0.4) is 0 Å². The molecule has 1 atom stereocenters. The van der Waals surface area contributed by atoms with Crippen LogP contribution in [-0.2, 0) is 4.74 Å². The minimum Gasteiger partial charge on any atom is -0.378 e. The van der Waals surface area contributed by atoms with Crippen molar-refractivity contribution in [2.75, 3.05) is 54.5 Å². The molecular formula is C20H26N8O. The van der Waals surface area contributed by atoms with E-state index in [1.165, 1.54) is 0 Å². The maximum atomic E-state index is 5.43. The average molecular weight is 394 g/mol. The highest BCUT2D eigenvalue weighted by Crippen LogP contribution is 2.23. The molecule has 0 saturated carbocycles. The summed E-state index contributed by atoms with van der Waals surface area (Å²) in [7, 11) is 0. The van der Waals surface area contributed by atoms with Gasteiger partial charge in [-0.05, 0) is 25.8 Å². The van der Waals surface area contributed by atoms with Crippen LogP contribution in [0.5, 0.6) is 0 Å². The summed E-state index contributed by atoms with van der Waals surface area (Å²) < 4.78 is 7.36. The lowest BCUT2D eigenvalue weighted by Crippen LogP contribution is -2.43. The van der Waals surface area contributed by atoms with Crippen LogP contribution in [0.1, 0.15) is 18.5 Å². The average Bonchev–Trinajstić information content (AvgIpc) is 3.22. The molecule has 0 aromatic carbocycles. The van der Waals surface area contributed by atoms with E-state index in [0.29, 0.717) is 6.04 Å². The van der Waals surface area contributed by atoms with Crippen molar-refractivity contribution in [3.8, 4) is 0 Å². The third-order valence-electron chi connectivity index (χ3n) is 5.50. The lowest BCUT2D eigenvalue weighted by atomic mass is 10.1. The highest BCUT2D eigenvalue weighted by Gasteiger charge is 2.23. The maximum Gasteiger partial charge on any atom is 0.227 e. The zero-order chi connectivity index (χ0) is 19.6. The van der Waals surface area contributed by atoms with Crippen LogP contribution in [-0.4, -0.2) is 70.0 Å². The zero-order valence-electron chi connectivity index (χ0n) is 16.7. The van der Waals surface area contributed by atoms with E-state index in [2.05, 4.69) is 36.2 Å². The van der Waals surface area contributed by atoms with Gasteiger partial charge in [-0.15, -0.1) is 0 Å². The number of ether oxygens (including phenoxy) is 1. The molecule has 152 valence electrons. The smallest absolute Gasteiger partial charge is 0.227 e. The fraction of sp³-hybridized carbons (Fsp3) is 0.500. The molecule has 0 spiro atoms. The van der Waals surface area contributed by atoms with Crippen molar-refractivity contribution in [2.24, 2.45) is 0 Å². The van der Waals surface area contributed by atoms with Crippen LogP contribution >= 0.6 is 0 Å². The van der Waals surface area contributed by atoms with E-state index in [1.807, 2.05) is 29.8 Å². The van der Waals surface area contributed by atoms with Gasteiger partial charge in [0, 0.05) is 56.2 Å². The molecule has 3 aromatic heterocycles. The number of aryl methyl sites for hydroxylation is 1. The van der Waals surface area contributed by atoms with Crippen LogP contribution < -0.4 is 15.1 Å². The van der Waals surface area contributed by atoms with E-state index >= 15 is 0 Å². The number of hydrogen-bond donors (Lipinski definition) is 1. The van der Waals surface area contributed by atoms with Gasteiger partial charge in [-0.3, -0.25) is 0 Å². The van der Waals surface area contributed by atoms with Crippen molar-refractivity contribution >= 4 is 23.2 Å². The molecule has 2 saturated heterocycles. The molecule has 1 N–H and O–H groups in total. The first-order valence-corrected chi connectivity index (χ1v) is 10.2. The SMILES string of the molecule is Cc1cc(N2CCCC(Nc3ccnc(N4CCOCC4)n3)C2)n2nccc2n1. The second-order valence-electron chi connectivity index (χ2n) is 7.63. The standard InChI is InChI=1S/C20H26N8O/c1-15-13-19(28-18(23-15)5-7-22-28)27-8-2-3-16(14-27)24-17-4-6-21-20(25-17)26-9-11-29-12-10-26/h4-7,13,16H,2-3,8-12,14H2,1H3,(H,21,24,25). The first-order chi connectivity index (χ1) is 14.3. The third kappa shape index (κ3) is 3.82. The first kappa shape index (κ1) is 18.1. The number of piperidine rings is 1. The Hall–Kier alpha value is -2.94. The Kier molecular flexibility index (Phi) is 4.89. The highest BCUT2D eigenvalue weighted by atomic mass is 16.5. The second-order valence-corrected chi connectivity index (χ2v) is 7.63. The van der Waals surface area contributed by atoms with Gasteiger partial charge in [0.15, 0.2) is 5.65 Å². The summed E-state index contributed by atoms with van der Waals surface area (Å²) in [6, 6.07) is 6.33. The second kappa shape index (κ2) is 7.82. The van der Waals surface area contributed by atoms with Gasteiger partial charge in [0.05, 0.1) is 19.4 Å². The summed E-state index contributed by atoms with van der Waals surface area (Å²) in [5.41, 5.74) is 1.90. The predicted octanol–water partition coefficient (Wildman–Crippen LogP) is 1.75. The lowest BCUT2D eigenvalue weighted by molar-refractivity contribution is 0.122. The Labute approximate surface area is 169 Å². The Balaban J connectivity index is 1.32. The zero-order valence-corrected chi connectivity index (χ0v) is 16.7. The predicted molar refractivity (Wildman–Crippen MR) is 112 cm³/mol. The van der Waals surface area contributed by atoms with Crippen LogP contribution in [0.25, 0.3) is 5.65 Å².